The van der Waals surface area contributed by atoms with Crippen LogP contribution in [0, 0.1) is 0 Å². The van der Waals surface area contributed by atoms with Crippen LogP contribution in [-0.4, -0.2) is 0 Å². The molecule has 0 aliphatic carbocycles. The SMILES string of the molecule is BrCc1c(Br)c2ccccc2c2ccccc12. The molecule has 3 aromatic rings. The van der Waals surface area contributed by atoms with Gasteiger partial charge < -0.3 is 0 Å². The normalized spacial score (nSPS) is 11.2. The summed E-state index contributed by atoms with van der Waals surface area (Å²) in [7, 11) is 0. The zero-order chi connectivity index (χ0) is 11.8. The molecule has 0 atom stereocenters. The van der Waals surface area contributed by atoms with Gasteiger partial charge in [0.2, 0.25) is 0 Å². The van der Waals surface area contributed by atoms with Crippen LogP contribution in [0.15, 0.2) is 53.0 Å². The smallest absolute Gasteiger partial charge is 0.0300 e. The number of rotatable bonds is 1. The zero-order valence-corrected chi connectivity index (χ0v) is 12.3. The molecule has 0 aromatic heterocycles. The molecule has 2 heteroatoms. The Bertz CT molecular complexity index is 702. The Kier molecular flexibility index (Phi) is 2.93. The molecule has 0 spiro atoms. The first-order chi connectivity index (χ1) is 8.33. The third-order valence-corrected chi connectivity index (χ3v) is 4.57. The van der Waals surface area contributed by atoms with Crippen LogP contribution in [0.2, 0.25) is 0 Å². The first kappa shape index (κ1) is 11.2. The minimum atomic E-state index is 0.860. The molecule has 0 nitrogen and oxygen atoms in total. The molecule has 0 unspecified atom stereocenters. The van der Waals surface area contributed by atoms with Crippen LogP contribution in [0.25, 0.3) is 21.5 Å². The number of halogens is 2. The second-order valence-electron chi connectivity index (χ2n) is 4.02. The highest BCUT2D eigenvalue weighted by Gasteiger charge is 2.10. The van der Waals surface area contributed by atoms with E-state index in [1.807, 2.05) is 0 Å². The van der Waals surface area contributed by atoms with Crippen molar-refractivity contribution < 1.29 is 0 Å². The fraction of sp³-hybridized carbons (Fsp3) is 0.0667. The maximum atomic E-state index is 3.73. The molecule has 0 radical (unpaired) electrons. The molecule has 84 valence electrons. The van der Waals surface area contributed by atoms with Gasteiger partial charge in [-0.3, -0.25) is 0 Å². The summed E-state index contributed by atoms with van der Waals surface area (Å²) < 4.78 is 1.20. The fourth-order valence-electron chi connectivity index (χ4n) is 2.30. The van der Waals surface area contributed by atoms with Gasteiger partial charge in [0.05, 0.1) is 0 Å². The van der Waals surface area contributed by atoms with Crippen LogP contribution in [0.4, 0.5) is 0 Å². The summed E-state index contributed by atoms with van der Waals surface area (Å²) in [5.41, 5.74) is 1.32. The van der Waals surface area contributed by atoms with Gasteiger partial charge in [-0.25, -0.2) is 0 Å². The van der Waals surface area contributed by atoms with Crippen LogP contribution in [0.1, 0.15) is 5.56 Å². The second-order valence-corrected chi connectivity index (χ2v) is 5.37. The molecular weight excluding hydrogens is 340 g/mol. The first-order valence-electron chi connectivity index (χ1n) is 5.46. The zero-order valence-electron chi connectivity index (χ0n) is 9.08. The molecular formula is C15H10Br2. The molecule has 0 bridgehead atoms. The lowest BCUT2D eigenvalue weighted by molar-refractivity contribution is 1.48. The van der Waals surface area contributed by atoms with Gasteiger partial charge in [-0.15, -0.1) is 0 Å². The number of hydrogen-bond acceptors (Lipinski definition) is 0. The third kappa shape index (κ3) is 1.71. The van der Waals surface area contributed by atoms with Crippen LogP contribution in [0.3, 0.4) is 0 Å². The lowest BCUT2D eigenvalue weighted by Crippen LogP contribution is -1.87. The fourth-order valence-corrected chi connectivity index (χ4v) is 3.96. The van der Waals surface area contributed by atoms with E-state index in [-0.39, 0.29) is 0 Å². The standard InChI is InChI=1S/C15H10Br2/c16-9-14-12-7-2-1-5-10(12)11-6-3-4-8-13(11)15(14)17/h1-8H,9H2. The van der Waals surface area contributed by atoms with Gasteiger partial charge >= 0.3 is 0 Å². The van der Waals surface area contributed by atoms with E-state index < -0.39 is 0 Å². The van der Waals surface area contributed by atoms with Crippen molar-refractivity contribution in [1.82, 2.24) is 0 Å². The second kappa shape index (κ2) is 4.43. The van der Waals surface area contributed by atoms with E-state index >= 15 is 0 Å². The molecule has 0 fully saturated rings. The van der Waals surface area contributed by atoms with E-state index in [2.05, 4.69) is 80.4 Å². The molecule has 0 saturated heterocycles. The van der Waals surface area contributed by atoms with E-state index in [0.717, 1.165) is 5.33 Å². The minimum absolute atomic E-state index is 0.860. The summed E-state index contributed by atoms with van der Waals surface area (Å²) in [4.78, 5) is 0. The number of alkyl halides is 1. The lowest BCUT2D eigenvalue weighted by atomic mass is 9.98. The van der Waals surface area contributed by atoms with Crippen molar-refractivity contribution >= 4 is 53.4 Å². The first-order valence-corrected chi connectivity index (χ1v) is 7.38. The molecule has 0 amide bonds. The maximum absolute atomic E-state index is 3.73. The van der Waals surface area contributed by atoms with Crippen LogP contribution in [0.5, 0.6) is 0 Å². The minimum Gasteiger partial charge on any atom is -0.0876 e. The quantitative estimate of drug-likeness (QED) is 0.393. The molecule has 0 aliphatic heterocycles. The van der Waals surface area contributed by atoms with Gasteiger partial charge in [-0.1, -0.05) is 64.5 Å². The number of benzene rings is 3. The predicted octanol–water partition coefficient (Wildman–Crippen LogP) is 5.65. The van der Waals surface area contributed by atoms with Crippen LogP contribution < -0.4 is 0 Å². The molecule has 3 rings (SSSR count). The maximum Gasteiger partial charge on any atom is 0.0300 e. The van der Waals surface area contributed by atoms with Crippen molar-refractivity contribution in [1.29, 1.82) is 0 Å². The summed E-state index contributed by atoms with van der Waals surface area (Å²) >= 11 is 7.32. The number of hydrogen-bond donors (Lipinski definition) is 0. The van der Waals surface area contributed by atoms with Crippen LogP contribution >= 0.6 is 31.9 Å². The Morgan fingerprint density at radius 3 is 1.76 bits per heavy atom. The van der Waals surface area contributed by atoms with E-state index in [0.29, 0.717) is 0 Å². The largest absolute Gasteiger partial charge is 0.0876 e. The summed E-state index contributed by atoms with van der Waals surface area (Å²) in [5.74, 6) is 0. The summed E-state index contributed by atoms with van der Waals surface area (Å²) in [6.45, 7) is 0. The van der Waals surface area contributed by atoms with E-state index in [4.69, 9.17) is 0 Å². The van der Waals surface area contributed by atoms with Gasteiger partial charge in [-0.05, 0) is 43.0 Å². The number of fused-ring (bicyclic) bond motifs is 3. The van der Waals surface area contributed by atoms with Crippen molar-refractivity contribution in [2.24, 2.45) is 0 Å². The van der Waals surface area contributed by atoms with Crippen LogP contribution in [-0.2, 0) is 5.33 Å². The average Bonchev–Trinajstić information content (AvgIpc) is 2.40. The Morgan fingerprint density at radius 2 is 1.18 bits per heavy atom. The van der Waals surface area contributed by atoms with Gasteiger partial charge in [0, 0.05) is 9.80 Å². The van der Waals surface area contributed by atoms with Crippen molar-refractivity contribution in [2.45, 2.75) is 5.33 Å². The van der Waals surface area contributed by atoms with Crippen molar-refractivity contribution in [3.8, 4) is 0 Å². The highest BCUT2D eigenvalue weighted by Crippen LogP contribution is 2.36. The molecule has 0 N–H and O–H groups in total. The highest BCUT2D eigenvalue weighted by molar-refractivity contribution is 9.11. The predicted molar refractivity (Wildman–Crippen MR) is 81.8 cm³/mol. The van der Waals surface area contributed by atoms with Gasteiger partial charge in [-0.2, -0.15) is 0 Å². The van der Waals surface area contributed by atoms with Crippen molar-refractivity contribution in [2.75, 3.05) is 0 Å². The van der Waals surface area contributed by atoms with Gasteiger partial charge in [0.15, 0.2) is 0 Å². The van der Waals surface area contributed by atoms with Crippen molar-refractivity contribution in [3.05, 3.63) is 58.6 Å². The molecule has 17 heavy (non-hydrogen) atoms. The lowest BCUT2D eigenvalue weighted by Gasteiger charge is -2.11. The highest BCUT2D eigenvalue weighted by atomic mass is 79.9. The molecule has 0 aliphatic rings. The van der Waals surface area contributed by atoms with Gasteiger partial charge in [0.1, 0.15) is 0 Å². The van der Waals surface area contributed by atoms with E-state index in [9.17, 15) is 0 Å². The average molecular weight is 350 g/mol. The summed E-state index contributed by atoms with van der Waals surface area (Å²) in [5, 5.41) is 6.08. The van der Waals surface area contributed by atoms with E-state index in [1.165, 1.54) is 31.6 Å². The topological polar surface area (TPSA) is 0 Å². The third-order valence-electron chi connectivity index (χ3n) is 3.10. The summed E-state index contributed by atoms with van der Waals surface area (Å²) in [6, 6.07) is 17.1. The summed E-state index contributed by atoms with van der Waals surface area (Å²) in [6.07, 6.45) is 0. The molecule has 0 saturated carbocycles. The molecule has 0 heterocycles. The van der Waals surface area contributed by atoms with Crippen molar-refractivity contribution in [3.63, 3.8) is 0 Å². The Labute approximate surface area is 117 Å². The Hall–Kier alpha value is -0.860. The molecule has 3 aromatic carbocycles. The van der Waals surface area contributed by atoms with E-state index in [1.54, 1.807) is 0 Å². The monoisotopic (exact) mass is 348 g/mol. The van der Waals surface area contributed by atoms with Gasteiger partial charge in [0.25, 0.3) is 0 Å². The Balaban J connectivity index is 2.64. The Morgan fingerprint density at radius 1 is 0.706 bits per heavy atom.